The topological polar surface area (TPSA) is 12.0 Å². The molecule has 0 saturated carbocycles. The zero-order chi connectivity index (χ0) is 13.1. The minimum Gasteiger partial charge on any atom is -0.314 e. The molecule has 1 nitrogen and oxygen atoms in total. The van der Waals surface area contributed by atoms with Crippen LogP contribution in [0.3, 0.4) is 0 Å². The number of hydrogen-bond acceptors (Lipinski definition) is 1. The van der Waals surface area contributed by atoms with Crippen molar-refractivity contribution in [2.75, 3.05) is 6.54 Å². The lowest BCUT2D eigenvalue weighted by molar-refractivity contribution is 0.454. The summed E-state index contributed by atoms with van der Waals surface area (Å²) in [5.74, 6) is 0. The molecule has 1 N–H and O–H groups in total. The van der Waals surface area contributed by atoms with E-state index in [0.717, 1.165) is 6.54 Å². The standard InChI is InChI=1S/C17H31N/c1-3-5-6-7-11-14-17(18-4-2)15-16-12-9-8-10-13-16/h3,12,17-18H,1,4-11,13-15H2,2H3. The molecule has 0 saturated heterocycles. The fourth-order valence-corrected chi connectivity index (χ4v) is 2.83. The zero-order valence-corrected chi connectivity index (χ0v) is 12.2. The second-order valence-corrected chi connectivity index (χ2v) is 5.49. The third-order valence-corrected chi connectivity index (χ3v) is 3.85. The van der Waals surface area contributed by atoms with E-state index in [1.807, 2.05) is 6.08 Å². The third-order valence-electron chi connectivity index (χ3n) is 3.85. The van der Waals surface area contributed by atoms with E-state index < -0.39 is 0 Å². The van der Waals surface area contributed by atoms with Crippen LogP contribution in [0.2, 0.25) is 0 Å². The maximum atomic E-state index is 3.78. The van der Waals surface area contributed by atoms with Crippen molar-refractivity contribution in [2.24, 2.45) is 0 Å². The maximum absolute atomic E-state index is 3.78. The minimum atomic E-state index is 0.711. The lowest BCUT2D eigenvalue weighted by atomic mass is 9.92. The molecule has 18 heavy (non-hydrogen) atoms. The van der Waals surface area contributed by atoms with Gasteiger partial charge < -0.3 is 5.32 Å². The van der Waals surface area contributed by atoms with Crippen LogP contribution in [0.5, 0.6) is 0 Å². The molecule has 1 aliphatic carbocycles. The van der Waals surface area contributed by atoms with Crippen LogP contribution < -0.4 is 5.32 Å². The van der Waals surface area contributed by atoms with Crippen LogP contribution in [0.15, 0.2) is 24.3 Å². The normalized spacial score (nSPS) is 17.3. The molecule has 0 heterocycles. The van der Waals surface area contributed by atoms with Crippen LogP contribution in [-0.2, 0) is 0 Å². The summed E-state index contributed by atoms with van der Waals surface area (Å²) < 4.78 is 0. The van der Waals surface area contributed by atoms with Crippen LogP contribution in [0, 0.1) is 0 Å². The molecular weight excluding hydrogens is 218 g/mol. The van der Waals surface area contributed by atoms with Crippen molar-refractivity contribution in [2.45, 2.75) is 77.2 Å². The first-order valence-electron chi connectivity index (χ1n) is 7.89. The monoisotopic (exact) mass is 249 g/mol. The van der Waals surface area contributed by atoms with Gasteiger partial charge in [-0.1, -0.05) is 37.5 Å². The molecule has 0 spiro atoms. The van der Waals surface area contributed by atoms with Gasteiger partial charge >= 0.3 is 0 Å². The van der Waals surface area contributed by atoms with Crippen LogP contribution in [-0.4, -0.2) is 12.6 Å². The smallest absolute Gasteiger partial charge is 0.0104 e. The first-order valence-corrected chi connectivity index (χ1v) is 7.89. The molecule has 0 amide bonds. The summed E-state index contributed by atoms with van der Waals surface area (Å²) >= 11 is 0. The molecule has 0 aliphatic heterocycles. The Morgan fingerprint density at radius 2 is 2.22 bits per heavy atom. The first-order chi connectivity index (χ1) is 8.86. The minimum absolute atomic E-state index is 0.711. The Morgan fingerprint density at radius 3 is 2.89 bits per heavy atom. The second kappa shape index (κ2) is 10.4. The molecule has 1 atom stereocenters. The Labute approximate surface area is 114 Å². The molecule has 0 fully saturated rings. The highest BCUT2D eigenvalue weighted by Gasteiger charge is 2.11. The van der Waals surface area contributed by atoms with Crippen molar-refractivity contribution in [3.05, 3.63) is 24.3 Å². The van der Waals surface area contributed by atoms with E-state index in [2.05, 4.69) is 24.9 Å². The zero-order valence-electron chi connectivity index (χ0n) is 12.2. The first kappa shape index (κ1) is 15.5. The highest BCUT2D eigenvalue weighted by Crippen LogP contribution is 2.23. The molecular formula is C17H31N. The van der Waals surface area contributed by atoms with Crippen molar-refractivity contribution in [1.82, 2.24) is 5.32 Å². The Kier molecular flexibility index (Phi) is 8.93. The van der Waals surface area contributed by atoms with Gasteiger partial charge in [0.15, 0.2) is 0 Å². The van der Waals surface area contributed by atoms with Crippen molar-refractivity contribution in [3.63, 3.8) is 0 Å². The highest BCUT2D eigenvalue weighted by atomic mass is 14.9. The van der Waals surface area contributed by atoms with E-state index in [1.54, 1.807) is 5.57 Å². The summed E-state index contributed by atoms with van der Waals surface area (Å²) in [4.78, 5) is 0. The maximum Gasteiger partial charge on any atom is 0.0104 e. The molecule has 0 radical (unpaired) electrons. The average molecular weight is 249 g/mol. The van der Waals surface area contributed by atoms with Crippen LogP contribution >= 0.6 is 0 Å². The molecule has 1 rings (SSSR count). The summed E-state index contributed by atoms with van der Waals surface area (Å²) in [5, 5.41) is 3.66. The van der Waals surface area contributed by atoms with Crippen molar-refractivity contribution in [1.29, 1.82) is 0 Å². The second-order valence-electron chi connectivity index (χ2n) is 5.49. The van der Waals surface area contributed by atoms with E-state index in [0.29, 0.717) is 6.04 Å². The lowest BCUT2D eigenvalue weighted by Crippen LogP contribution is -2.29. The van der Waals surface area contributed by atoms with Gasteiger partial charge in [-0.05, 0) is 57.9 Å². The molecule has 104 valence electrons. The van der Waals surface area contributed by atoms with E-state index in [9.17, 15) is 0 Å². The molecule has 1 aliphatic rings. The largest absolute Gasteiger partial charge is 0.314 e. The molecule has 1 heteroatoms. The Morgan fingerprint density at radius 1 is 1.33 bits per heavy atom. The fourth-order valence-electron chi connectivity index (χ4n) is 2.83. The van der Waals surface area contributed by atoms with E-state index >= 15 is 0 Å². The summed E-state index contributed by atoms with van der Waals surface area (Å²) in [7, 11) is 0. The molecule has 0 aromatic heterocycles. The van der Waals surface area contributed by atoms with Crippen LogP contribution in [0.25, 0.3) is 0 Å². The molecule has 1 unspecified atom stereocenters. The number of hydrogen-bond donors (Lipinski definition) is 1. The van der Waals surface area contributed by atoms with E-state index in [4.69, 9.17) is 0 Å². The van der Waals surface area contributed by atoms with Gasteiger partial charge in [-0.25, -0.2) is 0 Å². The van der Waals surface area contributed by atoms with Crippen LogP contribution in [0.4, 0.5) is 0 Å². The van der Waals surface area contributed by atoms with Gasteiger partial charge in [0.25, 0.3) is 0 Å². The summed E-state index contributed by atoms with van der Waals surface area (Å²) in [5.41, 5.74) is 1.71. The predicted octanol–water partition coefficient (Wildman–Crippen LogP) is 4.99. The predicted molar refractivity (Wildman–Crippen MR) is 81.9 cm³/mol. The van der Waals surface area contributed by atoms with Crippen molar-refractivity contribution in [3.8, 4) is 0 Å². The third kappa shape index (κ3) is 7.00. The number of nitrogens with one attached hydrogen (secondary N) is 1. The SMILES string of the molecule is C=CCCCCCC(CC1=CCCCC1)NCC. The molecule has 0 aromatic rings. The Balaban J connectivity index is 2.21. The quantitative estimate of drug-likeness (QED) is 0.425. The van der Waals surface area contributed by atoms with Gasteiger partial charge in [-0.3, -0.25) is 0 Å². The van der Waals surface area contributed by atoms with E-state index in [1.165, 1.54) is 64.2 Å². The molecule has 0 aromatic carbocycles. The summed E-state index contributed by atoms with van der Waals surface area (Å²) in [6.07, 6.45) is 17.8. The van der Waals surface area contributed by atoms with E-state index in [-0.39, 0.29) is 0 Å². The summed E-state index contributed by atoms with van der Waals surface area (Å²) in [6.45, 7) is 7.10. The Hall–Kier alpha value is -0.560. The average Bonchev–Trinajstić information content (AvgIpc) is 2.40. The summed E-state index contributed by atoms with van der Waals surface area (Å²) in [6, 6.07) is 0.711. The number of allylic oxidation sites excluding steroid dienone is 2. The fraction of sp³-hybridized carbons (Fsp3) is 0.765. The van der Waals surface area contributed by atoms with Gasteiger partial charge in [-0.15, -0.1) is 6.58 Å². The Bertz CT molecular complexity index is 242. The van der Waals surface area contributed by atoms with Gasteiger partial charge in [0.05, 0.1) is 0 Å². The van der Waals surface area contributed by atoms with Crippen molar-refractivity contribution >= 4 is 0 Å². The number of rotatable bonds is 10. The van der Waals surface area contributed by atoms with Gasteiger partial charge in [0.1, 0.15) is 0 Å². The van der Waals surface area contributed by atoms with Gasteiger partial charge in [0.2, 0.25) is 0 Å². The van der Waals surface area contributed by atoms with Gasteiger partial charge in [0, 0.05) is 6.04 Å². The lowest BCUT2D eigenvalue weighted by Gasteiger charge is -2.21. The highest BCUT2D eigenvalue weighted by molar-refractivity contribution is 5.07. The van der Waals surface area contributed by atoms with Crippen LogP contribution in [0.1, 0.15) is 71.1 Å². The number of unbranched alkanes of at least 4 members (excludes halogenated alkanes) is 3. The van der Waals surface area contributed by atoms with Gasteiger partial charge in [-0.2, -0.15) is 0 Å². The van der Waals surface area contributed by atoms with Crippen molar-refractivity contribution < 1.29 is 0 Å². The molecule has 0 bridgehead atoms.